The molecule has 13 aromatic rings. The molecule has 0 unspecified atom stereocenters. The van der Waals surface area contributed by atoms with E-state index in [1.54, 1.807) is 0 Å². The van der Waals surface area contributed by atoms with Crippen molar-refractivity contribution < 1.29 is 4.42 Å². The van der Waals surface area contributed by atoms with Gasteiger partial charge in [0.05, 0.1) is 0 Å². The minimum absolute atomic E-state index is 0.934. The van der Waals surface area contributed by atoms with E-state index in [0.717, 1.165) is 11.2 Å². The number of para-hydroxylation sites is 1. The molecular weight excluding hydrogens is 729 g/mol. The molecule has 0 fully saturated rings. The van der Waals surface area contributed by atoms with Crippen molar-refractivity contribution in [1.29, 1.82) is 0 Å². The lowest BCUT2D eigenvalue weighted by molar-refractivity contribution is 0.673. The average Bonchev–Trinajstić information content (AvgIpc) is 3.96. The van der Waals surface area contributed by atoms with Crippen LogP contribution >= 0.6 is 22.7 Å². The van der Waals surface area contributed by atoms with Crippen LogP contribution in [0.4, 0.5) is 0 Å². The van der Waals surface area contributed by atoms with Gasteiger partial charge in [-0.1, -0.05) is 140 Å². The first-order valence-electron chi connectivity index (χ1n) is 19.4. The van der Waals surface area contributed by atoms with E-state index in [1.165, 1.54) is 117 Å². The van der Waals surface area contributed by atoms with Crippen LogP contribution in [-0.4, -0.2) is 0 Å². The highest BCUT2D eigenvalue weighted by Gasteiger charge is 2.20. The number of hydrogen-bond donors (Lipinski definition) is 0. The Bertz CT molecular complexity index is 3750. The van der Waals surface area contributed by atoms with Crippen LogP contribution in [0.5, 0.6) is 0 Å². The van der Waals surface area contributed by atoms with E-state index in [9.17, 15) is 0 Å². The quantitative estimate of drug-likeness (QED) is 0.164. The standard InChI is InChI=1S/C54H30OS2/c1-2-14-37-34(11-1)43(30-49-52(37)53-48(57-49)28-26-42-35-12-7-9-19-45(35)55-54(42)53)31-21-23-32(24-22-31)50-38-15-3-5-17-40(38)51(41-18-6-4-16-39(41)50)33-25-27-47-44(29-33)36-13-8-10-20-46(36)56-47/h1-30H. The van der Waals surface area contributed by atoms with Crippen LogP contribution in [0, 0.1) is 0 Å². The zero-order chi connectivity index (χ0) is 37.2. The summed E-state index contributed by atoms with van der Waals surface area (Å²) in [7, 11) is 0. The van der Waals surface area contributed by atoms with Crippen molar-refractivity contribution in [3.8, 4) is 33.4 Å². The molecule has 0 aliphatic carbocycles. The van der Waals surface area contributed by atoms with E-state index in [1.807, 2.05) is 28.7 Å². The van der Waals surface area contributed by atoms with Gasteiger partial charge in [0, 0.05) is 51.1 Å². The van der Waals surface area contributed by atoms with Gasteiger partial charge in [-0.2, -0.15) is 0 Å². The Morgan fingerprint density at radius 2 is 0.825 bits per heavy atom. The van der Waals surface area contributed by atoms with Gasteiger partial charge in [0.15, 0.2) is 0 Å². The molecule has 3 heteroatoms. The number of thiophene rings is 2. The zero-order valence-electron chi connectivity index (χ0n) is 30.5. The molecule has 0 spiro atoms. The van der Waals surface area contributed by atoms with Crippen LogP contribution in [-0.2, 0) is 0 Å². The largest absolute Gasteiger partial charge is 0.455 e. The Morgan fingerprint density at radius 1 is 0.298 bits per heavy atom. The third-order valence-electron chi connectivity index (χ3n) is 12.1. The summed E-state index contributed by atoms with van der Waals surface area (Å²) in [5.74, 6) is 0. The molecule has 0 saturated carbocycles. The van der Waals surface area contributed by atoms with Crippen molar-refractivity contribution in [3.63, 3.8) is 0 Å². The highest BCUT2D eigenvalue weighted by atomic mass is 32.1. The SMILES string of the molecule is c1ccc2c(c1)oc1c2ccc2sc3cc(-c4ccc(-c5c6ccccc6c(-c6ccc7sc8ccccc8c7c6)c6ccccc56)cc4)c4ccccc4c3c21. The van der Waals surface area contributed by atoms with Crippen molar-refractivity contribution in [2.24, 2.45) is 0 Å². The molecule has 0 amide bonds. The molecule has 0 saturated heterocycles. The summed E-state index contributed by atoms with van der Waals surface area (Å²) in [6.45, 7) is 0. The summed E-state index contributed by atoms with van der Waals surface area (Å²) < 4.78 is 11.8. The van der Waals surface area contributed by atoms with Gasteiger partial charge >= 0.3 is 0 Å². The van der Waals surface area contributed by atoms with Crippen molar-refractivity contribution in [3.05, 3.63) is 182 Å². The van der Waals surface area contributed by atoms with Gasteiger partial charge in [0.25, 0.3) is 0 Å². The summed E-state index contributed by atoms with van der Waals surface area (Å²) in [6, 6.07) is 67.2. The Balaban J connectivity index is 0.996. The van der Waals surface area contributed by atoms with E-state index >= 15 is 0 Å². The van der Waals surface area contributed by atoms with E-state index in [0.29, 0.717) is 0 Å². The second-order valence-corrected chi connectivity index (χ2v) is 17.3. The van der Waals surface area contributed by atoms with Gasteiger partial charge in [-0.15, -0.1) is 22.7 Å². The number of fused-ring (bicyclic) bond motifs is 14. The average molecular weight is 759 g/mol. The Labute approximate surface area is 335 Å². The maximum Gasteiger partial charge on any atom is 0.144 e. The smallest absolute Gasteiger partial charge is 0.144 e. The zero-order valence-corrected chi connectivity index (χ0v) is 32.2. The normalized spacial score (nSPS) is 12.2. The molecule has 0 radical (unpaired) electrons. The van der Waals surface area contributed by atoms with Gasteiger partial charge in [0.2, 0.25) is 0 Å². The number of rotatable bonds is 3. The first-order chi connectivity index (χ1) is 28.3. The lowest BCUT2D eigenvalue weighted by atomic mass is 9.85. The second-order valence-electron chi connectivity index (χ2n) is 15.1. The van der Waals surface area contributed by atoms with Crippen molar-refractivity contribution in [1.82, 2.24) is 0 Å². The summed E-state index contributed by atoms with van der Waals surface area (Å²) in [5.41, 5.74) is 9.42. The van der Waals surface area contributed by atoms with Gasteiger partial charge < -0.3 is 4.42 Å². The first kappa shape index (κ1) is 31.4. The third-order valence-corrected chi connectivity index (χ3v) is 14.3. The molecule has 0 aliphatic rings. The lowest BCUT2D eigenvalue weighted by Crippen LogP contribution is -1.91. The predicted molar refractivity (Wildman–Crippen MR) is 248 cm³/mol. The van der Waals surface area contributed by atoms with Crippen LogP contribution in [0.25, 0.3) is 128 Å². The molecule has 3 aromatic heterocycles. The molecule has 0 atom stereocenters. The lowest BCUT2D eigenvalue weighted by Gasteiger charge is -2.18. The van der Waals surface area contributed by atoms with E-state index in [-0.39, 0.29) is 0 Å². The van der Waals surface area contributed by atoms with Crippen LogP contribution < -0.4 is 0 Å². The van der Waals surface area contributed by atoms with Crippen LogP contribution in [0.15, 0.2) is 186 Å². The summed E-state index contributed by atoms with van der Waals surface area (Å²) in [6.07, 6.45) is 0. The molecule has 57 heavy (non-hydrogen) atoms. The van der Waals surface area contributed by atoms with Crippen LogP contribution in [0.3, 0.4) is 0 Å². The maximum atomic E-state index is 6.58. The van der Waals surface area contributed by atoms with Crippen molar-refractivity contribution >= 4 is 117 Å². The fraction of sp³-hybridized carbons (Fsp3) is 0. The molecule has 0 bridgehead atoms. The van der Waals surface area contributed by atoms with E-state index < -0.39 is 0 Å². The number of furan rings is 1. The monoisotopic (exact) mass is 758 g/mol. The molecule has 264 valence electrons. The Hall–Kier alpha value is -6.78. The summed E-state index contributed by atoms with van der Waals surface area (Å²) in [4.78, 5) is 0. The van der Waals surface area contributed by atoms with Gasteiger partial charge in [-0.25, -0.2) is 0 Å². The molecular formula is C54H30OS2. The van der Waals surface area contributed by atoms with E-state index in [4.69, 9.17) is 4.42 Å². The van der Waals surface area contributed by atoms with Crippen molar-refractivity contribution in [2.45, 2.75) is 0 Å². The Morgan fingerprint density at radius 3 is 1.56 bits per heavy atom. The second kappa shape index (κ2) is 11.9. The van der Waals surface area contributed by atoms with Gasteiger partial charge in [-0.05, 0) is 108 Å². The number of hydrogen-bond acceptors (Lipinski definition) is 3. The minimum atomic E-state index is 0.934. The molecule has 0 aliphatic heterocycles. The fourth-order valence-corrected chi connectivity index (χ4v) is 11.8. The topological polar surface area (TPSA) is 13.1 Å². The summed E-state index contributed by atoms with van der Waals surface area (Å²) >= 11 is 3.73. The van der Waals surface area contributed by atoms with Crippen molar-refractivity contribution in [2.75, 3.05) is 0 Å². The third kappa shape index (κ3) is 4.50. The molecule has 1 nitrogen and oxygen atoms in total. The fourth-order valence-electron chi connectivity index (χ4n) is 9.59. The number of benzene rings is 10. The van der Waals surface area contributed by atoms with Crippen LogP contribution in [0.2, 0.25) is 0 Å². The molecule has 3 heterocycles. The highest BCUT2D eigenvalue weighted by molar-refractivity contribution is 7.26. The van der Waals surface area contributed by atoms with Crippen LogP contribution in [0.1, 0.15) is 0 Å². The van der Waals surface area contributed by atoms with Gasteiger partial charge in [0.1, 0.15) is 11.2 Å². The summed E-state index contributed by atoms with van der Waals surface area (Å²) in [5, 5.41) is 15.1. The van der Waals surface area contributed by atoms with Gasteiger partial charge in [-0.3, -0.25) is 0 Å². The minimum Gasteiger partial charge on any atom is -0.455 e. The van der Waals surface area contributed by atoms with E-state index in [2.05, 4.69) is 176 Å². The highest BCUT2D eigenvalue weighted by Crippen LogP contribution is 2.48. The first-order valence-corrected chi connectivity index (χ1v) is 21.0. The molecule has 10 aromatic carbocycles. The predicted octanol–water partition coefficient (Wildman–Crippen LogP) is 16.8. The molecule has 13 rings (SSSR count). The molecule has 0 N–H and O–H groups in total. The Kier molecular flexibility index (Phi) is 6.54. The maximum absolute atomic E-state index is 6.58.